The zero-order valence-corrected chi connectivity index (χ0v) is 15.8. The molecular formula is C25H26N2. The number of benzene rings is 3. The van der Waals surface area contributed by atoms with Crippen molar-refractivity contribution in [3.05, 3.63) is 83.9 Å². The van der Waals surface area contributed by atoms with Gasteiger partial charge in [0, 0.05) is 12.4 Å². The molecule has 0 bridgehead atoms. The Morgan fingerprint density at radius 1 is 0.815 bits per heavy atom. The zero-order chi connectivity index (χ0) is 23.3. The first-order valence-electron chi connectivity index (χ1n) is 11.6. The molecule has 0 amide bonds. The Balaban J connectivity index is 2.20. The Bertz CT molecular complexity index is 1270. The highest BCUT2D eigenvalue weighted by Gasteiger charge is 2.21. The van der Waals surface area contributed by atoms with Gasteiger partial charge in [-0.05, 0) is 35.0 Å². The molecular weight excluding hydrogens is 328 g/mol. The van der Waals surface area contributed by atoms with Gasteiger partial charge in [0.2, 0.25) is 0 Å². The van der Waals surface area contributed by atoms with Crippen molar-refractivity contribution < 1.29 is 6.85 Å². The predicted molar refractivity (Wildman–Crippen MR) is 115 cm³/mol. The van der Waals surface area contributed by atoms with Crippen molar-refractivity contribution in [1.82, 2.24) is 9.55 Å². The Hall–Kier alpha value is -2.87. The average Bonchev–Trinajstić information content (AvgIpc) is 3.11. The Labute approximate surface area is 168 Å². The van der Waals surface area contributed by atoms with Crippen molar-refractivity contribution in [3.8, 4) is 17.1 Å². The normalized spacial score (nSPS) is 17.4. The summed E-state index contributed by atoms with van der Waals surface area (Å²) in [6.07, 6.45) is 0. The molecule has 0 radical (unpaired) electrons. The summed E-state index contributed by atoms with van der Waals surface area (Å²) in [5.41, 5.74) is 3.94. The monoisotopic (exact) mass is 359 g/mol. The molecule has 0 aliphatic heterocycles. The smallest absolute Gasteiger partial charge is 0.145 e. The lowest BCUT2D eigenvalue weighted by Gasteiger charge is -2.22. The van der Waals surface area contributed by atoms with E-state index in [9.17, 15) is 0 Å². The topological polar surface area (TPSA) is 17.8 Å². The number of para-hydroxylation sites is 3. The van der Waals surface area contributed by atoms with Crippen LogP contribution in [0.3, 0.4) is 0 Å². The number of hydrogen-bond donors (Lipinski definition) is 0. The van der Waals surface area contributed by atoms with E-state index in [-0.39, 0.29) is 0 Å². The Kier molecular flexibility index (Phi) is 3.26. The van der Waals surface area contributed by atoms with Gasteiger partial charge in [0.1, 0.15) is 5.82 Å². The molecule has 0 fully saturated rings. The number of nitrogens with zero attached hydrogens (tertiary/aromatic N) is 2. The molecule has 3 aromatic carbocycles. The summed E-state index contributed by atoms with van der Waals surface area (Å²) in [7, 11) is 0. The van der Waals surface area contributed by atoms with Gasteiger partial charge in [-0.2, -0.15) is 0 Å². The van der Waals surface area contributed by atoms with Gasteiger partial charge in [0.25, 0.3) is 0 Å². The van der Waals surface area contributed by atoms with Crippen LogP contribution in [0, 0.1) is 0 Å². The number of hydrogen-bond acceptors (Lipinski definition) is 1. The van der Waals surface area contributed by atoms with E-state index in [0.29, 0.717) is 22.6 Å². The molecule has 1 atom stereocenters. The minimum absolute atomic E-state index is 0.343. The first-order valence-corrected chi connectivity index (χ1v) is 9.10. The van der Waals surface area contributed by atoms with Crippen LogP contribution in [0.5, 0.6) is 0 Å². The van der Waals surface area contributed by atoms with E-state index in [2.05, 4.69) is 0 Å². The third-order valence-corrected chi connectivity index (χ3v) is 4.80. The second kappa shape index (κ2) is 7.03. The van der Waals surface area contributed by atoms with Gasteiger partial charge >= 0.3 is 0 Å². The van der Waals surface area contributed by atoms with E-state index >= 15 is 0 Å². The minimum atomic E-state index is -2.56. The van der Waals surface area contributed by atoms with Gasteiger partial charge in [0.15, 0.2) is 0 Å². The fourth-order valence-electron chi connectivity index (χ4n) is 3.52. The van der Waals surface area contributed by atoms with Gasteiger partial charge in [-0.3, -0.25) is 4.57 Å². The Morgan fingerprint density at radius 3 is 2.19 bits per heavy atom. The van der Waals surface area contributed by atoms with Crippen LogP contribution in [-0.4, -0.2) is 9.55 Å². The van der Waals surface area contributed by atoms with Crippen molar-refractivity contribution in [2.24, 2.45) is 0 Å². The highest BCUT2D eigenvalue weighted by molar-refractivity contribution is 5.84. The van der Waals surface area contributed by atoms with Gasteiger partial charge in [0.05, 0.1) is 16.7 Å². The van der Waals surface area contributed by atoms with Crippen LogP contribution in [0.2, 0.25) is 0 Å². The molecule has 1 unspecified atom stereocenters. The summed E-state index contributed by atoms with van der Waals surface area (Å²) < 4.78 is 43.9. The number of rotatable bonds is 4. The van der Waals surface area contributed by atoms with Gasteiger partial charge in [-0.1, -0.05) is 88.3 Å². The van der Waals surface area contributed by atoms with E-state index in [1.165, 1.54) is 6.92 Å². The van der Waals surface area contributed by atoms with E-state index in [1.807, 2.05) is 65.2 Å². The third-order valence-electron chi connectivity index (χ3n) is 4.80. The predicted octanol–water partition coefficient (Wildman–Crippen LogP) is 6.94. The molecule has 0 aliphatic carbocycles. The summed E-state index contributed by atoms with van der Waals surface area (Å²) >= 11 is 0. The van der Waals surface area contributed by atoms with Crippen molar-refractivity contribution in [2.75, 3.05) is 0 Å². The minimum Gasteiger partial charge on any atom is -0.292 e. The van der Waals surface area contributed by atoms with Crippen molar-refractivity contribution in [2.45, 2.75) is 39.4 Å². The van der Waals surface area contributed by atoms with Crippen molar-refractivity contribution in [3.63, 3.8) is 0 Å². The first kappa shape index (κ1) is 12.5. The lowest BCUT2D eigenvalue weighted by atomic mass is 9.92. The molecule has 136 valence electrons. The molecule has 2 heteroatoms. The molecule has 4 rings (SSSR count). The van der Waals surface area contributed by atoms with Gasteiger partial charge < -0.3 is 0 Å². The second-order valence-corrected chi connectivity index (χ2v) is 6.95. The molecule has 1 aromatic heterocycles. The molecule has 0 saturated heterocycles. The number of fused-ring (bicyclic) bond motifs is 1. The largest absolute Gasteiger partial charge is 0.292 e. The summed E-state index contributed by atoms with van der Waals surface area (Å²) in [6.45, 7) is 2.40. The van der Waals surface area contributed by atoms with E-state index in [4.69, 9.17) is 11.8 Å². The van der Waals surface area contributed by atoms with Crippen LogP contribution in [0.4, 0.5) is 0 Å². The summed E-state index contributed by atoms with van der Waals surface area (Å²) in [6, 6.07) is 22.6. The maximum atomic E-state index is 8.89. The first-order chi connectivity index (χ1) is 14.9. The standard InChI is InChI=1S/C25H26N2/c1-17(2)20-13-10-14-21(18(3)4)24(20)27-23-16-9-8-15-22(23)26-25(27)19-11-6-5-7-12-19/h5-18H,1-4H3/i1D3,17D,18D. The maximum Gasteiger partial charge on any atom is 0.145 e. The summed E-state index contributed by atoms with van der Waals surface area (Å²) in [5.74, 6) is -2.27. The molecule has 4 aromatic rings. The molecule has 2 nitrogen and oxygen atoms in total. The fraction of sp³-hybridized carbons (Fsp3) is 0.240. The quantitative estimate of drug-likeness (QED) is 0.386. The lowest BCUT2D eigenvalue weighted by molar-refractivity contribution is 0.811. The number of imidazole rings is 1. The van der Waals surface area contributed by atoms with Crippen LogP contribution in [0.15, 0.2) is 72.8 Å². The summed E-state index contributed by atoms with van der Waals surface area (Å²) in [4.78, 5) is 4.87. The maximum absolute atomic E-state index is 8.89. The van der Waals surface area contributed by atoms with E-state index in [1.54, 1.807) is 26.0 Å². The molecule has 0 N–H and O–H groups in total. The lowest BCUT2D eigenvalue weighted by Crippen LogP contribution is -2.08. The average molecular weight is 360 g/mol. The molecule has 0 aliphatic rings. The second-order valence-electron chi connectivity index (χ2n) is 6.95. The molecule has 0 saturated carbocycles. The van der Waals surface area contributed by atoms with Crippen LogP contribution in [-0.2, 0) is 0 Å². The van der Waals surface area contributed by atoms with Crippen molar-refractivity contribution in [1.29, 1.82) is 0 Å². The summed E-state index contributed by atoms with van der Waals surface area (Å²) in [5, 5.41) is 0. The van der Waals surface area contributed by atoms with Crippen LogP contribution in [0.1, 0.15) is 57.4 Å². The van der Waals surface area contributed by atoms with E-state index in [0.717, 1.165) is 16.6 Å². The van der Waals surface area contributed by atoms with Crippen LogP contribution in [0.25, 0.3) is 28.1 Å². The molecule has 0 spiro atoms. The SMILES string of the molecule is [2H]C(C)(C)c1cccc(C([2H])(C)C([2H])([2H])[2H])c1-n1c(-c2ccccc2)nc2ccccc21. The highest BCUT2D eigenvalue weighted by atomic mass is 15.1. The van der Waals surface area contributed by atoms with E-state index < -0.39 is 18.6 Å². The highest BCUT2D eigenvalue weighted by Crippen LogP contribution is 2.36. The van der Waals surface area contributed by atoms with Crippen molar-refractivity contribution >= 4 is 11.0 Å². The van der Waals surface area contributed by atoms with Gasteiger partial charge in [-0.25, -0.2) is 4.98 Å². The molecule has 1 heterocycles. The zero-order valence-electron chi connectivity index (χ0n) is 20.8. The fourth-order valence-corrected chi connectivity index (χ4v) is 3.52. The number of aromatic nitrogens is 2. The van der Waals surface area contributed by atoms with Gasteiger partial charge in [-0.15, -0.1) is 0 Å². The van der Waals surface area contributed by atoms with Crippen LogP contribution >= 0.6 is 0 Å². The van der Waals surface area contributed by atoms with Crippen LogP contribution < -0.4 is 0 Å². The Morgan fingerprint density at radius 2 is 1.48 bits per heavy atom. The third kappa shape index (κ3) is 3.06. The molecule has 27 heavy (non-hydrogen) atoms.